The van der Waals surface area contributed by atoms with Gasteiger partial charge in [-0.2, -0.15) is 0 Å². The first-order valence-corrected chi connectivity index (χ1v) is 4.87. The fourth-order valence-corrected chi connectivity index (χ4v) is 1.61. The molecule has 0 saturated carbocycles. The predicted molar refractivity (Wildman–Crippen MR) is 55.7 cm³/mol. The summed E-state index contributed by atoms with van der Waals surface area (Å²) in [6.07, 6.45) is 1.26. The number of aliphatic hydroxyl groups is 1. The number of benzene rings is 1. The van der Waals surface area contributed by atoms with Crippen LogP contribution >= 0.6 is 0 Å². The van der Waals surface area contributed by atoms with Crippen molar-refractivity contribution in [3.63, 3.8) is 0 Å². The molecule has 0 spiro atoms. The zero-order chi connectivity index (χ0) is 9.97. The third-order valence-corrected chi connectivity index (χ3v) is 2.59. The van der Waals surface area contributed by atoms with Crippen LogP contribution in [-0.2, 0) is 6.61 Å². The molecule has 2 rings (SSSR count). The Morgan fingerprint density at radius 3 is 2.64 bits per heavy atom. The van der Waals surface area contributed by atoms with Crippen LogP contribution in [0, 0.1) is 0 Å². The van der Waals surface area contributed by atoms with Crippen molar-refractivity contribution in [2.75, 3.05) is 25.1 Å². The van der Waals surface area contributed by atoms with Crippen molar-refractivity contribution in [1.29, 1.82) is 0 Å². The molecule has 0 unspecified atom stereocenters. The molecule has 0 aliphatic carbocycles. The lowest BCUT2D eigenvalue weighted by Gasteiger charge is -2.33. The molecule has 0 aromatic heterocycles. The molecule has 76 valence electrons. The second kappa shape index (κ2) is 3.88. The average Bonchev–Trinajstić information content (AvgIpc) is 2.14. The predicted octanol–water partition coefficient (Wildman–Crippen LogP) is 1.40. The topological polar surface area (TPSA) is 32.7 Å². The van der Waals surface area contributed by atoms with E-state index < -0.39 is 0 Å². The van der Waals surface area contributed by atoms with Gasteiger partial charge in [0.25, 0.3) is 0 Å². The van der Waals surface area contributed by atoms with Crippen molar-refractivity contribution >= 4 is 5.69 Å². The first kappa shape index (κ1) is 9.34. The maximum absolute atomic E-state index is 9.08. The first-order valence-electron chi connectivity index (χ1n) is 4.87. The summed E-state index contributed by atoms with van der Waals surface area (Å²) in [5.74, 6) is 0.818. The van der Waals surface area contributed by atoms with Gasteiger partial charge in [-0.25, -0.2) is 0 Å². The number of nitrogens with zero attached hydrogens (tertiary/aromatic N) is 1. The summed E-state index contributed by atoms with van der Waals surface area (Å²) >= 11 is 0. The van der Waals surface area contributed by atoms with Crippen LogP contribution in [0.3, 0.4) is 0 Å². The minimum atomic E-state index is 0.0675. The summed E-state index contributed by atoms with van der Waals surface area (Å²) in [6.45, 7) is 2.29. The van der Waals surface area contributed by atoms with Crippen LogP contribution in [0.2, 0.25) is 0 Å². The normalized spacial score (nSPS) is 15.1. The molecular weight excluding hydrogens is 178 g/mol. The summed E-state index contributed by atoms with van der Waals surface area (Å²) in [7, 11) is 1.65. The molecule has 3 nitrogen and oxygen atoms in total. The van der Waals surface area contributed by atoms with E-state index in [1.807, 2.05) is 18.2 Å². The quantitative estimate of drug-likeness (QED) is 0.787. The largest absolute Gasteiger partial charge is 0.497 e. The molecule has 0 atom stereocenters. The lowest BCUT2D eigenvalue weighted by molar-refractivity contribution is 0.281. The van der Waals surface area contributed by atoms with Crippen molar-refractivity contribution in [3.8, 4) is 5.75 Å². The van der Waals surface area contributed by atoms with E-state index in [4.69, 9.17) is 9.84 Å². The first-order chi connectivity index (χ1) is 6.83. The summed E-state index contributed by atoms with van der Waals surface area (Å²) in [5.41, 5.74) is 2.06. The van der Waals surface area contributed by atoms with Gasteiger partial charge in [-0.05, 0) is 24.1 Å². The number of ether oxygens (including phenoxy) is 1. The number of rotatable bonds is 3. The number of hydrogen-bond acceptors (Lipinski definition) is 3. The monoisotopic (exact) mass is 193 g/mol. The Morgan fingerprint density at radius 2 is 2.14 bits per heavy atom. The molecule has 1 N–H and O–H groups in total. The van der Waals surface area contributed by atoms with Gasteiger partial charge in [-0.15, -0.1) is 0 Å². The molecular formula is C11H15NO2. The zero-order valence-electron chi connectivity index (χ0n) is 8.36. The van der Waals surface area contributed by atoms with Crippen LogP contribution in [0.1, 0.15) is 12.0 Å². The summed E-state index contributed by atoms with van der Waals surface area (Å²) in [4.78, 5) is 2.28. The van der Waals surface area contributed by atoms with E-state index in [0.29, 0.717) is 0 Å². The molecule has 1 saturated heterocycles. The Bertz CT molecular complexity index is 299. The van der Waals surface area contributed by atoms with E-state index >= 15 is 0 Å². The Labute approximate surface area is 83.9 Å². The number of methoxy groups -OCH3 is 1. The fraction of sp³-hybridized carbons (Fsp3) is 0.455. The molecule has 0 radical (unpaired) electrons. The van der Waals surface area contributed by atoms with Gasteiger partial charge in [0, 0.05) is 24.8 Å². The Morgan fingerprint density at radius 1 is 1.36 bits per heavy atom. The van der Waals surface area contributed by atoms with Gasteiger partial charge in [0.1, 0.15) is 5.75 Å². The van der Waals surface area contributed by atoms with E-state index in [1.54, 1.807) is 7.11 Å². The maximum Gasteiger partial charge on any atom is 0.121 e. The van der Waals surface area contributed by atoms with Crippen molar-refractivity contribution < 1.29 is 9.84 Å². The van der Waals surface area contributed by atoms with E-state index in [9.17, 15) is 0 Å². The molecule has 1 aliphatic heterocycles. The van der Waals surface area contributed by atoms with Gasteiger partial charge in [-0.3, -0.25) is 0 Å². The Kier molecular flexibility index (Phi) is 2.59. The highest BCUT2D eigenvalue weighted by molar-refractivity contribution is 5.54. The average molecular weight is 193 g/mol. The van der Waals surface area contributed by atoms with Gasteiger partial charge in [0.2, 0.25) is 0 Å². The standard InChI is InChI=1S/C11H15NO2/c1-14-11-6-9(8-13)5-10(7-11)12-3-2-4-12/h5-7,13H,2-4,8H2,1H3. The Balaban J connectivity index is 2.28. The lowest BCUT2D eigenvalue weighted by Crippen LogP contribution is -2.36. The van der Waals surface area contributed by atoms with Crippen molar-refractivity contribution in [1.82, 2.24) is 0 Å². The van der Waals surface area contributed by atoms with E-state index in [1.165, 1.54) is 6.42 Å². The second-order valence-corrected chi connectivity index (χ2v) is 3.54. The molecule has 1 fully saturated rings. The van der Waals surface area contributed by atoms with Gasteiger partial charge < -0.3 is 14.7 Å². The Hall–Kier alpha value is -1.22. The SMILES string of the molecule is COc1cc(CO)cc(N2CCC2)c1. The van der Waals surface area contributed by atoms with Crippen molar-refractivity contribution in [3.05, 3.63) is 23.8 Å². The van der Waals surface area contributed by atoms with Crippen LogP contribution in [0.5, 0.6) is 5.75 Å². The number of aliphatic hydroxyl groups excluding tert-OH is 1. The van der Waals surface area contributed by atoms with E-state index in [2.05, 4.69) is 4.90 Å². The minimum absolute atomic E-state index is 0.0675. The van der Waals surface area contributed by atoms with Crippen LogP contribution < -0.4 is 9.64 Å². The lowest BCUT2D eigenvalue weighted by atomic mass is 10.1. The highest BCUT2D eigenvalue weighted by Crippen LogP contribution is 2.27. The van der Waals surface area contributed by atoms with Gasteiger partial charge in [0.05, 0.1) is 13.7 Å². The van der Waals surface area contributed by atoms with Gasteiger partial charge in [0.15, 0.2) is 0 Å². The molecule has 1 aromatic carbocycles. The zero-order valence-corrected chi connectivity index (χ0v) is 8.36. The van der Waals surface area contributed by atoms with E-state index in [0.717, 1.165) is 30.1 Å². The molecule has 0 amide bonds. The molecule has 1 aromatic rings. The van der Waals surface area contributed by atoms with Crippen LogP contribution in [-0.4, -0.2) is 25.3 Å². The highest BCUT2D eigenvalue weighted by atomic mass is 16.5. The molecule has 1 aliphatic rings. The number of hydrogen-bond donors (Lipinski definition) is 1. The summed E-state index contributed by atoms with van der Waals surface area (Å²) < 4.78 is 5.18. The third kappa shape index (κ3) is 1.68. The van der Waals surface area contributed by atoms with Gasteiger partial charge >= 0.3 is 0 Å². The van der Waals surface area contributed by atoms with Crippen molar-refractivity contribution in [2.24, 2.45) is 0 Å². The summed E-state index contributed by atoms with van der Waals surface area (Å²) in [5, 5.41) is 9.08. The number of anilines is 1. The van der Waals surface area contributed by atoms with Gasteiger partial charge in [-0.1, -0.05) is 0 Å². The van der Waals surface area contributed by atoms with E-state index in [-0.39, 0.29) is 6.61 Å². The molecule has 0 bridgehead atoms. The summed E-state index contributed by atoms with van der Waals surface area (Å²) in [6, 6.07) is 5.89. The van der Waals surface area contributed by atoms with Crippen LogP contribution in [0.25, 0.3) is 0 Å². The second-order valence-electron chi connectivity index (χ2n) is 3.54. The smallest absolute Gasteiger partial charge is 0.121 e. The maximum atomic E-state index is 9.08. The minimum Gasteiger partial charge on any atom is -0.497 e. The third-order valence-electron chi connectivity index (χ3n) is 2.59. The fourth-order valence-electron chi connectivity index (χ4n) is 1.61. The molecule has 1 heterocycles. The van der Waals surface area contributed by atoms with Crippen molar-refractivity contribution in [2.45, 2.75) is 13.0 Å². The molecule has 3 heteroatoms. The van der Waals surface area contributed by atoms with Crippen LogP contribution in [0.15, 0.2) is 18.2 Å². The van der Waals surface area contributed by atoms with Crippen LogP contribution in [0.4, 0.5) is 5.69 Å². The highest BCUT2D eigenvalue weighted by Gasteiger charge is 2.15. The molecule has 14 heavy (non-hydrogen) atoms.